The first-order valence-electron chi connectivity index (χ1n) is 6.95. The van der Waals surface area contributed by atoms with E-state index in [1.807, 2.05) is 26.0 Å². The predicted octanol–water partition coefficient (Wildman–Crippen LogP) is 2.07. The van der Waals surface area contributed by atoms with Crippen LogP contribution in [0.1, 0.15) is 27.9 Å². The lowest BCUT2D eigenvalue weighted by molar-refractivity contribution is 0.0626. The van der Waals surface area contributed by atoms with E-state index in [1.165, 1.54) is 0 Å². The molecule has 2 N–H and O–H groups in total. The van der Waals surface area contributed by atoms with Gasteiger partial charge in [0.25, 0.3) is 5.91 Å². The van der Waals surface area contributed by atoms with Gasteiger partial charge in [-0.25, -0.2) is 0 Å². The van der Waals surface area contributed by atoms with Crippen LogP contribution in [0.25, 0.3) is 0 Å². The fraction of sp³-hybridized carbons (Fsp3) is 0.533. The minimum atomic E-state index is -0.147. The summed E-state index contributed by atoms with van der Waals surface area (Å²) in [5, 5.41) is 6.67. The van der Waals surface area contributed by atoms with E-state index in [0.29, 0.717) is 17.1 Å². The molecule has 0 saturated carbocycles. The van der Waals surface area contributed by atoms with Crippen LogP contribution >= 0.6 is 11.6 Å². The van der Waals surface area contributed by atoms with Crippen LogP contribution in [0, 0.1) is 13.8 Å². The Morgan fingerprint density at radius 2 is 2.20 bits per heavy atom. The number of ether oxygens (including phenoxy) is 1. The highest BCUT2D eigenvalue weighted by atomic mass is 35.5. The van der Waals surface area contributed by atoms with Gasteiger partial charge in [-0.2, -0.15) is 0 Å². The molecule has 4 nitrogen and oxygen atoms in total. The monoisotopic (exact) mass is 296 g/mol. The molecule has 20 heavy (non-hydrogen) atoms. The van der Waals surface area contributed by atoms with Crippen LogP contribution in [-0.2, 0) is 4.74 Å². The maximum Gasteiger partial charge on any atom is 0.252 e. The van der Waals surface area contributed by atoms with Crippen molar-refractivity contribution >= 4 is 17.5 Å². The van der Waals surface area contributed by atoms with Crippen molar-refractivity contribution in [2.45, 2.75) is 26.4 Å². The lowest BCUT2D eigenvalue weighted by atomic mass is 10.1. The van der Waals surface area contributed by atoms with Crippen molar-refractivity contribution in [3.8, 4) is 0 Å². The average Bonchev–Trinajstić information content (AvgIpc) is 2.69. The third-order valence-electron chi connectivity index (χ3n) is 3.54. The van der Waals surface area contributed by atoms with Crippen molar-refractivity contribution in [2.75, 3.05) is 26.2 Å². The Morgan fingerprint density at radius 1 is 1.45 bits per heavy atom. The number of carbonyl (C=O) groups is 1. The van der Waals surface area contributed by atoms with Gasteiger partial charge in [0.15, 0.2) is 0 Å². The van der Waals surface area contributed by atoms with Crippen LogP contribution in [0.4, 0.5) is 0 Å². The second-order valence-electron chi connectivity index (χ2n) is 5.18. The van der Waals surface area contributed by atoms with E-state index in [9.17, 15) is 4.79 Å². The molecular weight excluding hydrogens is 276 g/mol. The van der Waals surface area contributed by atoms with Crippen molar-refractivity contribution in [3.05, 3.63) is 33.8 Å². The fourth-order valence-corrected chi connectivity index (χ4v) is 2.46. The number of aryl methyl sites for hydroxylation is 2. The number of nitrogens with one attached hydrogen (secondary N) is 2. The number of rotatable bonds is 3. The third kappa shape index (κ3) is 3.95. The van der Waals surface area contributed by atoms with E-state index < -0.39 is 0 Å². The maximum atomic E-state index is 12.2. The Hall–Kier alpha value is -1.10. The molecule has 0 bridgehead atoms. The molecule has 1 atom stereocenters. The number of hydrogen-bond acceptors (Lipinski definition) is 3. The fourth-order valence-electron chi connectivity index (χ4n) is 2.16. The number of benzene rings is 1. The molecule has 1 aliphatic rings. The molecule has 1 heterocycles. The van der Waals surface area contributed by atoms with Gasteiger partial charge in [-0.05, 0) is 50.1 Å². The summed E-state index contributed by atoms with van der Waals surface area (Å²) < 4.78 is 5.65. The van der Waals surface area contributed by atoms with Gasteiger partial charge in [0.2, 0.25) is 0 Å². The van der Waals surface area contributed by atoms with Gasteiger partial charge < -0.3 is 15.4 Å². The minimum Gasteiger partial charge on any atom is -0.375 e. The highest BCUT2D eigenvalue weighted by Crippen LogP contribution is 2.20. The summed E-state index contributed by atoms with van der Waals surface area (Å²) in [6.07, 6.45) is 1.03. The quantitative estimate of drug-likeness (QED) is 0.898. The summed E-state index contributed by atoms with van der Waals surface area (Å²) in [5.74, 6) is -0.147. The van der Waals surface area contributed by atoms with E-state index in [0.717, 1.165) is 37.2 Å². The van der Waals surface area contributed by atoms with Gasteiger partial charge in [-0.15, -0.1) is 0 Å². The molecule has 1 aromatic rings. The van der Waals surface area contributed by atoms with Crippen LogP contribution in [-0.4, -0.2) is 38.3 Å². The molecule has 1 aromatic carbocycles. The van der Waals surface area contributed by atoms with Crippen molar-refractivity contribution < 1.29 is 9.53 Å². The molecule has 1 aliphatic heterocycles. The number of hydrogen-bond donors (Lipinski definition) is 2. The first-order valence-corrected chi connectivity index (χ1v) is 7.33. The number of carbonyl (C=O) groups excluding carboxylic acids is 1. The van der Waals surface area contributed by atoms with Crippen molar-refractivity contribution in [3.63, 3.8) is 0 Å². The molecule has 1 fully saturated rings. The summed E-state index contributed by atoms with van der Waals surface area (Å²) in [4.78, 5) is 12.2. The molecular formula is C15H21ClN2O2. The number of amides is 1. The van der Waals surface area contributed by atoms with Gasteiger partial charge in [0, 0.05) is 19.7 Å². The molecule has 0 radical (unpaired) electrons. The van der Waals surface area contributed by atoms with E-state index in [1.54, 1.807) is 0 Å². The third-order valence-corrected chi connectivity index (χ3v) is 3.85. The Kier molecular flexibility index (Phi) is 5.40. The van der Waals surface area contributed by atoms with Crippen LogP contribution < -0.4 is 10.6 Å². The van der Waals surface area contributed by atoms with Gasteiger partial charge >= 0.3 is 0 Å². The molecule has 1 unspecified atom stereocenters. The molecule has 1 amide bonds. The normalized spacial score (nSPS) is 19.4. The van der Waals surface area contributed by atoms with Gasteiger partial charge in [0.1, 0.15) is 0 Å². The van der Waals surface area contributed by atoms with Crippen LogP contribution in [0.5, 0.6) is 0 Å². The van der Waals surface area contributed by atoms with E-state index in [4.69, 9.17) is 16.3 Å². The lowest BCUT2D eigenvalue weighted by Gasteiger charge is -2.16. The molecule has 0 spiro atoms. The van der Waals surface area contributed by atoms with Crippen LogP contribution in [0.3, 0.4) is 0 Å². The topological polar surface area (TPSA) is 50.4 Å². The first kappa shape index (κ1) is 15.3. The van der Waals surface area contributed by atoms with Gasteiger partial charge in [0.05, 0.1) is 16.7 Å². The Bertz CT molecular complexity index is 483. The first-order chi connectivity index (χ1) is 9.58. The summed E-state index contributed by atoms with van der Waals surface area (Å²) in [6.45, 7) is 6.91. The molecule has 1 saturated heterocycles. The highest BCUT2D eigenvalue weighted by molar-refractivity contribution is 6.34. The summed E-state index contributed by atoms with van der Waals surface area (Å²) in [6, 6.07) is 3.66. The Balaban J connectivity index is 1.96. The highest BCUT2D eigenvalue weighted by Gasteiger charge is 2.16. The zero-order valence-electron chi connectivity index (χ0n) is 12.0. The van der Waals surface area contributed by atoms with E-state index in [-0.39, 0.29) is 12.0 Å². The van der Waals surface area contributed by atoms with Crippen molar-refractivity contribution in [2.24, 2.45) is 0 Å². The molecule has 0 aliphatic carbocycles. The summed E-state index contributed by atoms with van der Waals surface area (Å²) in [7, 11) is 0. The zero-order chi connectivity index (χ0) is 14.5. The van der Waals surface area contributed by atoms with Crippen LogP contribution in [0.15, 0.2) is 12.1 Å². The second-order valence-corrected chi connectivity index (χ2v) is 5.58. The standard InChI is InChI=1S/C15H21ClN2O2/c1-10-6-13(14(16)7-11(10)2)15(19)18-9-12-8-17-4-3-5-20-12/h6-7,12,17H,3-5,8-9H2,1-2H3,(H,18,19). The van der Waals surface area contributed by atoms with E-state index in [2.05, 4.69) is 10.6 Å². The maximum absolute atomic E-state index is 12.2. The lowest BCUT2D eigenvalue weighted by Crippen LogP contribution is -2.38. The number of halogens is 1. The van der Waals surface area contributed by atoms with Gasteiger partial charge in [-0.1, -0.05) is 11.6 Å². The van der Waals surface area contributed by atoms with E-state index >= 15 is 0 Å². The molecule has 0 aromatic heterocycles. The average molecular weight is 297 g/mol. The predicted molar refractivity (Wildman–Crippen MR) is 80.5 cm³/mol. The second kappa shape index (κ2) is 7.07. The SMILES string of the molecule is Cc1cc(Cl)c(C(=O)NCC2CNCCCO2)cc1C. The Labute approximate surface area is 124 Å². The smallest absolute Gasteiger partial charge is 0.252 e. The molecule has 2 rings (SSSR count). The van der Waals surface area contributed by atoms with Gasteiger partial charge in [-0.3, -0.25) is 4.79 Å². The molecule has 5 heteroatoms. The van der Waals surface area contributed by atoms with Crippen molar-refractivity contribution in [1.29, 1.82) is 0 Å². The minimum absolute atomic E-state index is 0.0202. The zero-order valence-corrected chi connectivity index (χ0v) is 12.7. The largest absolute Gasteiger partial charge is 0.375 e. The summed E-state index contributed by atoms with van der Waals surface area (Å²) >= 11 is 6.14. The van der Waals surface area contributed by atoms with Crippen molar-refractivity contribution in [1.82, 2.24) is 10.6 Å². The Morgan fingerprint density at radius 3 is 3.00 bits per heavy atom. The molecule has 110 valence electrons. The summed E-state index contributed by atoms with van der Waals surface area (Å²) in [5.41, 5.74) is 2.67. The van der Waals surface area contributed by atoms with Crippen LogP contribution in [0.2, 0.25) is 5.02 Å².